The largest absolute Gasteiger partial charge is 0.394 e. The predicted octanol–water partition coefficient (Wildman–Crippen LogP) is 0.686. The number of benzene rings is 1. The van der Waals surface area contributed by atoms with E-state index in [1.165, 1.54) is 24.3 Å². The van der Waals surface area contributed by atoms with Gasteiger partial charge in [0.2, 0.25) is 0 Å². The number of hydrogen-bond acceptors (Lipinski definition) is 16. The van der Waals surface area contributed by atoms with E-state index in [0.29, 0.717) is 5.56 Å². The van der Waals surface area contributed by atoms with Crippen molar-refractivity contribution in [3.05, 3.63) is 81.7 Å². The third-order valence-corrected chi connectivity index (χ3v) is 10.5. The maximum absolute atomic E-state index is 15.1. The van der Waals surface area contributed by atoms with E-state index >= 15 is 4.39 Å². The van der Waals surface area contributed by atoms with Gasteiger partial charge >= 0.3 is 12.4 Å². The molecule has 4 N–H and O–H groups in total. The van der Waals surface area contributed by atoms with Crippen LogP contribution in [-0.2, 0) is 39.6 Å². The molecule has 2 aliphatic rings. The number of anilines is 1. The molecule has 0 radical (unpaired) electrons. The van der Waals surface area contributed by atoms with Crippen LogP contribution in [0.25, 0.3) is 11.2 Å². The highest BCUT2D eigenvalue weighted by atomic mass is 32.5. The van der Waals surface area contributed by atoms with Crippen LogP contribution >= 0.6 is 6.72 Å². The Morgan fingerprint density at radius 2 is 1.88 bits per heavy atom. The highest BCUT2D eigenvalue weighted by Gasteiger charge is 2.51. The van der Waals surface area contributed by atoms with Crippen molar-refractivity contribution in [3.63, 3.8) is 0 Å². The Labute approximate surface area is 298 Å². The number of nitrogens with zero attached hydrogens (tertiary/aromatic N) is 6. The lowest BCUT2D eigenvalue weighted by Gasteiger charge is -2.30. The number of ether oxygens (including phenoxy) is 3. The topological polar surface area (TPSA) is 247 Å². The van der Waals surface area contributed by atoms with Crippen LogP contribution in [-0.4, -0.2) is 109 Å². The number of amides is 1. The first-order valence-corrected chi connectivity index (χ1v) is 18.2. The number of carbonyl (C=O) groups excluding carboxylic acids is 1. The minimum absolute atomic E-state index is 0.109. The summed E-state index contributed by atoms with van der Waals surface area (Å²) in [4.78, 5) is 51.4. The van der Waals surface area contributed by atoms with Gasteiger partial charge in [-0.05, 0) is 23.9 Å². The van der Waals surface area contributed by atoms with Crippen LogP contribution in [0, 0.1) is 11.3 Å². The van der Waals surface area contributed by atoms with Crippen LogP contribution in [0.5, 0.6) is 0 Å². The summed E-state index contributed by atoms with van der Waals surface area (Å²) in [5.74, 6) is -0.290. The Balaban J connectivity index is 1.21. The molecule has 3 unspecified atom stereocenters. The molecule has 0 spiro atoms. The number of H-pyrrole nitrogens is 1. The molecule has 2 fully saturated rings. The number of imidazole rings is 1. The second kappa shape index (κ2) is 16.1. The van der Waals surface area contributed by atoms with E-state index in [1.807, 2.05) is 11.1 Å². The Hall–Kier alpha value is -4.33. The number of aliphatic hydroxyl groups is 2. The van der Waals surface area contributed by atoms with E-state index in [1.54, 1.807) is 30.3 Å². The van der Waals surface area contributed by atoms with E-state index in [0.717, 1.165) is 16.8 Å². The van der Waals surface area contributed by atoms with Gasteiger partial charge in [0, 0.05) is 24.9 Å². The Kier molecular flexibility index (Phi) is 11.6. The fourth-order valence-electron chi connectivity index (χ4n) is 5.66. The molecule has 3 aromatic heterocycles. The Morgan fingerprint density at radius 1 is 1.12 bits per heavy atom. The van der Waals surface area contributed by atoms with E-state index in [9.17, 15) is 24.6 Å². The van der Waals surface area contributed by atoms with E-state index in [-0.39, 0.29) is 30.0 Å². The van der Waals surface area contributed by atoms with Crippen molar-refractivity contribution in [3.8, 4) is 6.07 Å². The zero-order valence-corrected chi connectivity index (χ0v) is 28.8. The van der Waals surface area contributed by atoms with Gasteiger partial charge in [-0.2, -0.15) is 5.26 Å². The number of halogens is 1. The first-order valence-electron chi connectivity index (χ1n) is 15.6. The zero-order chi connectivity index (χ0) is 37.0. The number of methoxy groups -OCH3 is 1. The SMILES string of the molecule is CO[C@H]1[C@@H](OP(=S)(OCCC#N)OC[C@H]2O[C@@H](n3ccc(=O)[nH]c3=O)C(F)C2O)[C@@H](CO)O[C@H]1n1cnc2c(NC(=O)c3ccccc3)ncnc21. The van der Waals surface area contributed by atoms with Crippen molar-refractivity contribution in [2.75, 3.05) is 32.2 Å². The molecular formula is C30H32FN8O11PS. The van der Waals surface area contributed by atoms with Crippen LogP contribution in [0.3, 0.4) is 0 Å². The van der Waals surface area contributed by atoms with Gasteiger partial charge in [-0.25, -0.2) is 24.1 Å². The molecule has 0 aliphatic carbocycles. The lowest BCUT2D eigenvalue weighted by atomic mass is 10.1. The third-order valence-electron chi connectivity index (χ3n) is 8.17. The van der Waals surface area contributed by atoms with Crippen LogP contribution in [0.1, 0.15) is 29.2 Å². The van der Waals surface area contributed by atoms with E-state index < -0.39 is 86.2 Å². The van der Waals surface area contributed by atoms with Gasteiger partial charge in [-0.15, -0.1) is 0 Å². The molecule has 1 aromatic carbocycles. The summed E-state index contributed by atoms with van der Waals surface area (Å²) < 4.78 is 52.7. The van der Waals surface area contributed by atoms with Gasteiger partial charge in [-0.3, -0.25) is 28.2 Å². The molecule has 0 saturated carbocycles. The van der Waals surface area contributed by atoms with Gasteiger partial charge in [0.1, 0.15) is 36.8 Å². The number of hydrogen-bond donors (Lipinski definition) is 4. The highest BCUT2D eigenvalue weighted by Crippen LogP contribution is 2.54. The average Bonchev–Trinajstić information content (AvgIpc) is 3.81. The number of aromatic amines is 1. The maximum Gasteiger partial charge on any atom is 0.330 e. The van der Waals surface area contributed by atoms with Crippen molar-refractivity contribution in [2.45, 2.75) is 55.6 Å². The zero-order valence-electron chi connectivity index (χ0n) is 27.1. The molecule has 4 aromatic rings. The van der Waals surface area contributed by atoms with Crippen molar-refractivity contribution in [1.29, 1.82) is 5.26 Å². The van der Waals surface area contributed by atoms with Gasteiger partial charge in [0.05, 0.1) is 38.6 Å². The number of nitrogens with one attached hydrogen (secondary N) is 2. The molecule has 0 bridgehead atoms. The summed E-state index contributed by atoms with van der Waals surface area (Å²) in [6.07, 6.45) is -7.64. The lowest BCUT2D eigenvalue weighted by Crippen LogP contribution is -2.37. The monoisotopic (exact) mass is 762 g/mol. The summed E-state index contributed by atoms with van der Waals surface area (Å²) in [6, 6.07) is 11.4. The van der Waals surface area contributed by atoms with Crippen molar-refractivity contribution in [1.82, 2.24) is 29.1 Å². The summed E-state index contributed by atoms with van der Waals surface area (Å²) in [5, 5.41) is 32.8. The molecule has 9 atom stereocenters. The van der Waals surface area contributed by atoms with Crippen molar-refractivity contribution in [2.24, 2.45) is 0 Å². The quantitative estimate of drug-likeness (QED) is 0.102. The molecule has 19 nitrogen and oxygen atoms in total. The van der Waals surface area contributed by atoms with Crippen LogP contribution < -0.4 is 16.6 Å². The molecule has 276 valence electrons. The van der Waals surface area contributed by atoms with Crippen LogP contribution in [0.2, 0.25) is 0 Å². The Morgan fingerprint density at radius 3 is 2.60 bits per heavy atom. The summed E-state index contributed by atoms with van der Waals surface area (Å²) in [7, 11) is 1.36. The molecule has 52 heavy (non-hydrogen) atoms. The number of aromatic nitrogens is 6. The fourth-order valence-corrected chi connectivity index (χ4v) is 7.76. The lowest BCUT2D eigenvalue weighted by molar-refractivity contribution is -0.0583. The highest BCUT2D eigenvalue weighted by molar-refractivity contribution is 8.07. The number of fused-ring (bicyclic) bond motifs is 1. The minimum Gasteiger partial charge on any atom is -0.394 e. The van der Waals surface area contributed by atoms with E-state index in [4.69, 9.17) is 44.9 Å². The summed E-state index contributed by atoms with van der Waals surface area (Å²) in [5.41, 5.74) is -0.789. The predicted molar refractivity (Wildman–Crippen MR) is 179 cm³/mol. The number of carbonyl (C=O) groups is 1. The summed E-state index contributed by atoms with van der Waals surface area (Å²) in [6.45, 7) is -5.33. The molecule has 1 amide bonds. The maximum atomic E-state index is 15.1. The molecule has 2 saturated heterocycles. The number of aliphatic hydroxyl groups excluding tert-OH is 2. The first-order chi connectivity index (χ1) is 25.1. The average molecular weight is 763 g/mol. The summed E-state index contributed by atoms with van der Waals surface area (Å²) >= 11 is 5.66. The van der Waals surface area contributed by atoms with Gasteiger partial charge in [-0.1, -0.05) is 18.2 Å². The molecule has 22 heteroatoms. The minimum atomic E-state index is -3.93. The second-order valence-electron chi connectivity index (χ2n) is 11.4. The van der Waals surface area contributed by atoms with Crippen LogP contribution in [0.4, 0.5) is 10.2 Å². The smallest absolute Gasteiger partial charge is 0.330 e. The van der Waals surface area contributed by atoms with E-state index in [2.05, 4.69) is 20.3 Å². The van der Waals surface area contributed by atoms with Gasteiger partial charge in [0.25, 0.3) is 11.5 Å². The standard InChI is InChI=1S/C30H32FN8O11PS/c1-45-24-23(17(12-40)48-29(24)39-15-35-21-25(33-14-34-26(21)39)37-27(43)16-6-3-2-4-7-16)50-51(52,46-11-5-9-32)47-13-18-22(42)20(31)28(49-18)38-10-8-19(41)36-30(38)44/h2-4,6-8,10,14-15,17-18,20,22-24,28-29,40,42H,5,11-13H2,1H3,(H,36,41,44)(H,33,34,37,43)/t17-,18-,20?,22?,23+,24+,28-,29-,51?/m1/s1. The molecule has 5 heterocycles. The molecule has 6 rings (SSSR count). The Bertz CT molecular complexity index is 2100. The molecule has 2 aliphatic heterocycles. The normalized spacial score (nSPS) is 27.0. The number of nitriles is 1. The molecular weight excluding hydrogens is 730 g/mol. The van der Waals surface area contributed by atoms with Gasteiger partial charge in [0.15, 0.2) is 35.6 Å². The fraction of sp³-hybridized carbons (Fsp3) is 0.433. The van der Waals surface area contributed by atoms with Crippen molar-refractivity contribution < 1.29 is 47.2 Å². The first kappa shape index (κ1) is 37.4. The third kappa shape index (κ3) is 7.72. The second-order valence-corrected chi connectivity index (χ2v) is 14.3. The number of rotatable bonds is 14. The van der Waals surface area contributed by atoms with Gasteiger partial charge < -0.3 is 38.8 Å². The van der Waals surface area contributed by atoms with Crippen LogP contribution in [0.15, 0.2) is 64.8 Å². The van der Waals surface area contributed by atoms with Crippen molar-refractivity contribution >= 4 is 41.4 Å². The number of alkyl halides is 1.